The summed E-state index contributed by atoms with van der Waals surface area (Å²) in [5, 5.41) is 0. The van der Waals surface area contributed by atoms with Gasteiger partial charge in [-0.1, -0.05) is 0 Å². The van der Waals surface area contributed by atoms with Crippen LogP contribution in [0.2, 0.25) is 0 Å². The fraction of sp³-hybridized carbons (Fsp3) is 0.231. The minimum absolute atomic E-state index is 0.292. The maximum absolute atomic E-state index is 11.9. The van der Waals surface area contributed by atoms with Gasteiger partial charge >= 0.3 is 11.9 Å². The highest BCUT2D eigenvalue weighted by molar-refractivity contribution is 5.94. The Balaban J connectivity index is 1.83. The molecule has 96 valence electrons. The van der Waals surface area contributed by atoms with Crippen LogP contribution in [0.15, 0.2) is 30.6 Å². The predicted molar refractivity (Wildman–Crippen MR) is 64.3 cm³/mol. The molecule has 0 unspecified atom stereocenters. The van der Waals surface area contributed by atoms with Crippen molar-refractivity contribution in [2.45, 2.75) is 12.5 Å². The van der Waals surface area contributed by atoms with E-state index in [1.165, 1.54) is 0 Å². The van der Waals surface area contributed by atoms with E-state index in [0.29, 0.717) is 29.6 Å². The minimum atomic E-state index is -0.801. The van der Waals surface area contributed by atoms with Crippen LogP contribution in [-0.2, 0) is 14.3 Å². The van der Waals surface area contributed by atoms with Crippen molar-refractivity contribution in [3.05, 3.63) is 36.2 Å². The molecule has 19 heavy (non-hydrogen) atoms. The van der Waals surface area contributed by atoms with E-state index < -0.39 is 18.0 Å². The third-order valence-corrected chi connectivity index (χ3v) is 2.84. The largest absolute Gasteiger partial charge is 0.463 e. The van der Waals surface area contributed by atoms with Gasteiger partial charge in [-0.3, -0.25) is 9.97 Å². The Kier molecular flexibility index (Phi) is 2.83. The fourth-order valence-corrected chi connectivity index (χ4v) is 1.87. The van der Waals surface area contributed by atoms with E-state index in [4.69, 9.17) is 9.47 Å². The molecule has 1 fully saturated rings. The number of nitrogens with zero attached hydrogens (tertiary/aromatic N) is 2. The third-order valence-electron chi connectivity index (χ3n) is 2.84. The first-order chi connectivity index (χ1) is 9.24. The monoisotopic (exact) mass is 258 g/mol. The number of esters is 2. The number of cyclic esters (lactones) is 1. The van der Waals surface area contributed by atoms with Crippen LogP contribution in [-0.4, -0.2) is 34.6 Å². The lowest BCUT2D eigenvalue weighted by Gasteiger charge is -2.08. The molecule has 1 atom stereocenters. The van der Waals surface area contributed by atoms with Crippen LogP contribution in [0.1, 0.15) is 16.8 Å². The summed E-state index contributed by atoms with van der Waals surface area (Å²) >= 11 is 0. The second kappa shape index (κ2) is 4.64. The summed E-state index contributed by atoms with van der Waals surface area (Å²) < 4.78 is 9.83. The van der Waals surface area contributed by atoms with Gasteiger partial charge in [-0.25, -0.2) is 9.59 Å². The van der Waals surface area contributed by atoms with Crippen LogP contribution < -0.4 is 0 Å². The molecule has 1 aliphatic rings. The fourth-order valence-electron chi connectivity index (χ4n) is 1.87. The Labute approximate surface area is 108 Å². The molecule has 1 aromatic heterocycles. The van der Waals surface area contributed by atoms with Crippen molar-refractivity contribution in [1.29, 1.82) is 0 Å². The maximum atomic E-state index is 11.9. The van der Waals surface area contributed by atoms with E-state index in [1.54, 1.807) is 30.6 Å². The standard InChI is InChI=1S/C13H10N2O4/c16-12(19-11-3-6-18-13(11)17)8-1-2-9-10(7-8)15-5-4-14-9/h1-2,4-5,7,11H,3,6H2/t11-/m0/s1. The molecule has 3 rings (SSSR count). The van der Waals surface area contributed by atoms with E-state index in [9.17, 15) is 9.59 Å². The Bertz CT molecular complexity index is 656. The molecule has 0 saturated carbocycles. The average Bonchev–Trinajstić information content (AvgIpc) is 2.84. The summed E-state index contributed by atoms with van der Waals surface area (Å²) in [7, 11) is 0. The van der Waals surface area contributed by atoms with Crippen LogP contribution in [0.3, 0.4) is 0 Å². The molecule has 0 bridgehead atoms. The average molecular weight is 258 g/mol. The van der Waals surface area contributed by atoms with Gasteiger partial charge in [-0.2, -0.15) is 0 Å². The second-order valence-electron chi connectivity index (χ2n) is 4.11. The molecule has 1 aromatic carbocycles. The molecule has 1 saturated heterocycles. The van der Waals surface area contributed by atoms with Gasteiger partial charge in [0, 0.05) is 18.8 Å². The highest BCUT2D eigenvalue weighted by atomic mass is 16.6. The number of hydrogen-bond acceptors (Lipinski definition) is 6. The molecule has 0 radical (unpaired) electrons. The van der Waals surface area contributed by atoms with Crippen molar-refractivity contribution in [2.24, 2.45) is 0 Å². The van der Waals surface area contributed by atoms with E-state index in [2.05, 4.69) is 9.97 Å². The smallest absolute Gasteiger partial charge is 0.347 e. The Morgan fingerprint density at radius 3 is 2.79 bits per heavy atom. The lowest BCUT2D eigenvalue weighted by Crippen LogP contribution is -2.22. The number of ether oxygens (including phenoxy) is 2. The summed E-state index contributed by atoms with van der Waals surface area (Å²) in [5.74, 6) is -1.05. The van der Waals surface area contributed by atoms with Crippen LogP contribution in [0.5, 0.6) is 0 Å². The normalized spacial score (nSPS) is 18.3. The number of hydrogen-bond donors (Lipinski definition) is 0. The van der Waals surface area contributed by atoms with Crippen molar-refractivity contribution in [3.63, 3.8) is 0 Å². The number of carbonyl (C=O) groups is 2. The zero-order valence-electron chi connectivity index (χ0n) is 9.91. The summed E-state index contributed by atoms with van der Waals surface area (Å²) in [5.41, 5.74) is 1.64. The van der Waals surface area contributed by atoms with E-state index >= 15 is 0 Å². The molecule has 0 aliphatic carbocycles. The van der Waals surface area contributed by atoms with E-state index in [-0.39, 0.29) is 0 Å². The molecule has 6 nitrogen and oxygen atoms in total. The van der Waals surface area contributed by atoms with Crippen molar-refractivity contribution in [1.82, 2.24) is 9.97 Å². The van der Waals surface area contributed by atoms with Gasteiger partial charge in [0.05, 0.1) is 23.2 Å². The molecule has 6 heteroatoms. The van der Waals surface area contributed by atoms with Crippen molar-refractivity contribution in [2.75, 3.05) is 6.61 Å². The second-order valence-corrected chi connectivity index (χ2v) is 4.11. The van der Waals surface area contributed by atoms with Gasteiger partial charge in [-0.15, -0.1) is 0 Å². The van der Waals surface area contributed by atoms with E-state index in [1.807, 2.05) is 0 Å². The molecular weight excluding hydrogens is 248 g/mol. The van der Waals surface area contributed by atoms with Crippen molar-refractivity contribution < 1.29 is 19.1 Å². The maximum Gasteiger partial charge on any atom is 0.347 e. The number of fused-ring (bicyclic) bond motifs is 1. The highest BCUT2D eigenvalue weighted by Crippen LogP contribution is 2.16. The van der Waals surface area contributed by atoms with Gasteiger partial charge in [-0.05, 0) is 18.2 Å². The lowest BCUT2D eigenvalue weighted by molar-refractivity contribution is -0.145. The molecule has 0 spiro atoms. The lowest BCUT2D eigenvalue weighted by atomic mass is 10.2. The Hall–Kier alpha value is -2.50. The number of aromatic nitrogens is 2. The van der Waals surface area contributed by atoms with Gasteiger partial charge in [0.15, 0.2) is 0 Å². The first-order valence-corrected chi connectivity index (χ1v) is 5.82. The number of rotatable bonds is 2. The van der Waals surface area contributed by atoms with Gasteiger partial charge in [0.25, 0.3) is 0 Å². The first kappa shape index (κ1) is 11.6. The predicted octanol–water partition coefficient (Wildman–Crippen LogP) is 1.10. The zero-order chi connectivity index (χ0) is 13.2. The van der Waals surface area contributed by atoms with Gasteiger partial charge in [0.2, 0.25) is 6.10 Å². The van der Waals surface area contributed by atoms with Crippen LogP contribution in [0.4, 0.5) is 0 Å². The first-order valence-electron chi connectivity index (χ1n) is 5.82. The summed E-state index contributed by atoms with van der Waals surface area (Å²) in [6.45, 7) is 0.292. The van der Waals surface area contributed by atoms with Crippen LogP contribution >= 0.6 is 0 Å². The number of benzene rings is 1. The van der Waals surface area contributed by atoms with Crippen molar-refractivity contribution in [3.8, 4) is 0 Å². The molecule has 0 amide bonds. The van der Waals surface area contributed by atoms with Crippen LogP contribution in [0.25, 0.3) is 11.0 Å². The summed E-state index contributed by atoms with van der Waals surface area (Å²) in [6, 6.07) is 4.87. The van der Waals surface area contributed by atoms with Crippen LogP contribution in [0, 0.1) is 0 Å². The Morgan fingerprint density at radius 2 is 2.05 bits per heavy atom. The molecular formula is C13H10N2O4. The van der Waals surface area contributed by atoms with Gasteiger partial charge < -0.3 is 9.47 Å². The Morgan fingerprint density at radius 1 is 1.26 bits per heavy atom. The quantitative estimate of drug-likeness (QED) is 0.750. The molecule has 0 N–H and O–H groups in total. The summed E-state index contributed by atoms with van der Waals surface area (Å²) in [6.07, 6.45) is 2.73. The molecule has 1 aliphatic heterocycles. The third kappa shape index (κ3) is 2.24. The molecule has 2 heterocycles. The SMILES string of the molecule is O=C(O[C@H]1CCOC1=O)c1ccc2nccnc2c1. The molecule has 2 aromatic rings. The number of carbonyl (C=O) groups excluding carboxylic acids is 2. The highest BCUT2D eigenvalue weighted by Gasteiger charge is 2.30. The zero-order valence-corrected chi connectivity index (χ0v) is 9.91. The minimum Gasteiger partial charge on any atom is -0.463 e. The van der Waals surface area contributed by atoms with Crippen molar-refractivity contribution >= 4 is 23.0 Å². The van der Waals surface area contributed by atoms with E-state index in [0.717, 1.165) is 0 Å². The summed E-state index contributed by atoms with van der Waals surface area (Å²) in [4.78, 5) is 31.4. The van der Waals surface area contributed by atoms with Gasteiger partial charge in [0.1, 0.15) is 0 Å². The topological polar surface area (TPSA) is 78.4 Å².